The third kappa shape index (κ3) is 2.71. The highest BCUT2D eigenvalue weighted by Gasteiger charge is 2.53. The Hall–Kier alpha value is -1.38. The monoisotopic (exact) mass is 340 g/mol. The molecule has 3 heteroatoms. The van der Waals surface area contributed by atoms with Crippen LogP contribution in [0.4, 0.5) is 0 Å². The number of aromatic nitrogens is 1. The van der Waals surface area contributed by atoms with E-state index in [0.29, 0.717) is 29.5 Å². The van der Waals surface area contributed by atoms with Gasteiger partial charge in [0.1, 0.15) is 5.71 Å². The van der Waals surface area contributed by atoms with Crippen LogP contribution in [-0.4, -0.2) is 16.2 Å². The second-order valence-corrected chi connectivity index (χ2v) is 9.07. The summed E-state index contributed by atoms with van der Waals surface area (Å²) in [6.07, 6.45) is 7.42. The molecule has 0 amide bonds. The van der Waals surface area contributed by atoms with Crippen molar-refractivity contribution in [2.75, 3.05) is 0 Å². The fourth-order valence-electron chi connectivity index (χ4n) is 5.73. The number of hydrogen-bond donors (Lipinski definition) is 0. The minimum Gasteiger partial charge on any atom is -0.292 e. The fraction of sp³-hybridized carbons (Fsp3) is 0.727. The summed E-state index contributed by atoms with van der Waals surface area (Å²) in [5.74, 6) is 3.24. The Morgan fingerprint density at radius 3 is 2.04 bits per heavy atom. The zero-order valence-corrected chi connectivity index (χ0v) is 16.2. The standard InChI is InChI=1S/C22H32N2O/c1-13(2)18-11-12-19(14(3)4)24(18)23-21-16-9-5-7-15-8-6-10-17(20(15)16)22(21)25/h11-17,20H,5-10H2,1-4H3. The number of hydrogen-bond acceptors (Lipinski definition) is 2. The number of nitrogens with zero attached hydrogens (tertiary/aromatic N) is 2. The minimum atomic E-state index is 0.267. The van der Waals surface area contributed by atoms with E-state index in [9.17, 15) is 4.79 Å². The summed E-state index contributed by atoms with van der Waals surface area (Å²) >= 11 is 0. The molecule has 0 aliphatic heterocycles. The van der Waals surface area contributed by atoms with Crippen molar-refractivity contribution in [1.29, 1.82) is 0 Å². The van der Waals surface area contributed by atoms with Crippen molar-refractivity contribution in [1.82, 2.24) is 4.68 Å². The van der Waals surface area contributed by atoms with Crippen LogP contribution in [0.25, 0.3) is 0 Å². The van der Waals surface area contributed by atoms with Crippen LogP contribution in [0.1, 0.15) is 89.4 Å². The summed E-state index contributed by atoms with van der Waals surface area (Å²) in [5, 5.41) is 5.07. The van der Waals surface area contributed by atoms with E-state index in [4.69, 9.17) is 5.10 Å². The van der Waals surface area contributed by atoms with Gasteiger partial charge in [0.15, 0.2) is 5.78 Å². The highest BCUT2D eigenvalue weighted by Crippen LogP contribution is 2.52. The molecule has 3 fully saturated rings. The molecule has 0 radical (unpaired) electrons. The van der Waals surface area contributed by atoms with Gasteiger partial charge < -0.3 is 0 Å². The molecule has 25 heavy (non-hydrogen) atoms. The molecule has 3 aliphatic rings. The van der Waals surface area contributed by atoms with Gasteiger partial charge in [-0.1, -0.05) is 53.4 Å². The lowest BCUT2D eigenvalue weighted by Gasteiger charge is -2.39. The predicted molar refractivity (Wildman–Crippen MR) is 102 cm³/mol. The third-order valence-corrected chi connectivity index (χ3v) is 6.90. The normalized spacial score (nSPS) is 33.5. The number of ketones is 1. The van der Waals surface area contributed by atoms with Crippen molar-refractivity contribution in [2.24, 2.45) is 28.8 Å². The zero-order valence-electron chi connectivity index (χ0n) is 16.2. The Morgan fingerprint density at radius 1 is 0.920 bits per heavy atom. The van der Waals surface area contributed by atoms with Gasteiger partial charge in [0.2, 0.25) is 0 Å². The number of carbonyl (C=O) groups is 1. The van der Waals surface area contributed by atoms with Gasteiger partial charge in [-0.05, 0) is 48.6 Å². The van der Waals surface area contributed by atoms with Crippen molar-refractivity contribution in [3.05, 3.63) is 23.5 Å². The van der Waals surface area contributed by atoms with E-state index in [0.717, 1.165) is 24.5 Å². The van der Waals surface area contributed by atoms with Crippen LogP contribution in [0.2, 0.25) is 0 Å². The Bertz CT molecular complexity index is 669. The first-order valence-electron chi connectivity index (χ1n) is 10.3. The Balaban J connectivity index is 1.79. The first-order chi connectivity index (χ1) is 12.0. The second kappa shape index (κ2) is 6.41. The molecule has 4 unspecified atom stereocenters. The topological polar surface area (TPSA) is 34.4 Å². The van der Waals surface area contributed by atoms with Crippen molar-refractivity contribution in [3.63, 3.8) is 0 Å². The van der Waals surface area contributed by atoms with Crippen LogP contribution in [0, 0.1) is 23.7 Å². The molecule has 3 nitrogen and oxygen atoms in total. The van der Waals surface area contributed by atoms with Crippen molar-refractivity contribution in [3.8, 4) is 0 Å². The van der Waals surface area contributed by atoms with E-state index in [-0.39, 0.29) is 5.92 Å². The molecule has 1 heterocycles. The maximum atomic E-state index is 13.2. The quantitative estimate of drug-likeness (QED) is 0.730. The summed E-state index contributed by atoms with van der Waals surface area (Å²) in [6, 6.07) is 4.39. The van der Waals surface area contributed by atoms with E-state index < -0.39 is 0 Å². The molecule has 136 valence electrons. The van der Waals surface area contributed by atoms with Gasteiger partial charge in [0.25, 0.3) is 0 Å². The Labute approximate surface area is 151 Å². The van der Waals surface area contributed by atoms with Gasteiger partial charge in [-0.15, -0.1) is 0 Å². The Morgan fingerprint density at radius 2 is 1.48 bits per heavy atom. The fourth-order valence-corrected chi connectivity index (χ4v) is 5.73. The van der Waals surface area contributed by atoms with Crippen LogP contribution < -0.4 is 0 Å². The largest absolute Gasteiger partial charge is 0.292 e. The first-order valence-corrected chi connectivity index (χ1v) is 10.3. The lowest BCUT2D eigenvalue weighted by Crippen LogP contribution is -2.33. The van der Waals surface area contributed by atoms with Crippen LogP contribution in [0.15, 0.2) is 17.2 Å². The molecule has 0 bridgehead atoms. The molecular weight excluding hydrogens is 308 g/mol. The number of rotatable bonds is 3. The van der Waals surface area contributed by atoms with Crippen molar-refractivity contribution < 1.29 is 4.79 Å². The molecule has 0 spiro atoms. The zero-order chi connectivity index (χ0) is 17.7. The van der Waals surface area contributed by atoms with Crippen LogP contribution in [0.5, 0.6) is 0 Å². The lowest BCUT2D eigenvalue weighted by molar-refractivity contribution is -0.118. The van der Waals surface area contributed by atoms with Crippen LogP contribution >= 0.6 is 0 Å². The average molecular weight is 341 g/mol. The summed E-state index contributed by atoms with van der Waals surface area (Å²) in [4.78, 5) is 13.2. The number of carbonyl (C=O) groups excluding carboxylic acids is 1. The minimum absolute atomic E-state index is 0.267. The molecule has 1 aromatic rings. The smallest absolute Gasteiger partial charge is 0.182 e. The molecule has 0 N–H and O–H groups in total. The van der Waals surface area contributed by atoms with E-state index in [1.54, 1.807) is 0 Å². The predicted octanol–water partition coefficient (Wildman–Crippen LogP) is 5.35. The maximum absolute atomic E-state index is 13.2. The summed E-state index contributed by atoms with van der Waals surface area (Å²) in [6.45, 7) is 8.85. The van der Waals surface area contributed by atoms with E-state index in [1.165, 1.54) is 37.1 Å². The van der Waals surface area contributed by atoms with Gasteiger partial charge in [0, 0.05) is 23.2 Å². The van der Waals surface area contributed by atoms with E-state index in [1.807, 2.05) is 0 Å². The van der Waals surface area contributed by atoms with Crippen LogP contribution in [-0.2, 0) is 4.79 Å². The molecule has 3 saturated carbocycles. The average Bonchev–Trinajstić information content (AvgIpc) is 3.12. The number of Topliss-reactive ketones (excluding diaryl/α,β-unsaturated/α-hetero) is 1. The van der Waals surface area contributed by atoms with E-state index >= 15 is 0 Å². The molecule has 4 atom stereocenters. The summed E-state index contributed by atoms with van der Waals surface area (Å²) in [5.41, 5.74) is 3.36. The SMILES string of the molecule is CC(C)c1ccc(C(C)C)n1N=C1C(=O)C2CCCC3CCCC1C32. The third-order valence-electron chi connectivity index (χ3n) is 6.90. The first kappa shape index (κ1) is 17.1. The molecule has 1 aromatic heterocycles. The maximum Gasteiger partial charge on any atom is 0.182 e. The van der Waals surface area contributed by atoms with Gasteiger partial charge in [-0.3, -0.25) is 4.79 Å². The summed E-state index contributed by atoms with van der Waals surface area (Å²) < 4.78 is 2.11. The molecule has 0 aromatic carbocycles. The molecule has 4 rings (SSSR count). The van der Waals surface area contributed by atoms with Gasteiger partial charge in [-0.25, -0.2) is 4.68 Å². The Kier molecular flexibility index (Phi) is 4.37. The van der Waals surface area contributed by atoms with E-state index in [2.05, 4.69) is 44.5 Å². The second-order valence-electron chi connectivity index (χ2n) is 9.07. The highest BCUT2D eigenvalue weighted by molar-refractivity contribution is 6.43. The molecular formula is C22H32N2O. The van der Waals surface area contributed by atoms with Gasteiger partial charge in [-0.2, -0.15) is 5.10 Å². The lowest BCUT2D eigenvalue weighted by atomic mass is 9.65. The van der Waals surface area contributed by atoms with Crippen molar-refractivity contribution >= 4 is 11.5 Å². The van der Waals surface area contributed by atoms with Gasteiger partial charge in [0.05, 0.1) is 0 Å². The molecule has 0 saturated heterocycles. The summed E-state index contributed by atoms with van der Waals surface area (Å²) in [7, 11) is 0. The van der Waals surface area contributed by atoms with Crippen LogP contribution in [0.3, 0.4) is 0 Å². The van der Waals surface area contributed by atoms with Gasteiger partial charge >= 0.3 is 0 Å². The molecule has 3 aliphatic carbocycles. The highest BCUT2D eigenvalue weighted by atomic mass is 16.1. The van der Waals surface area contributed by atoms with Crippen molar-refractivity contribution in [2.45, 2.75) is 78.1 Å².